The SMILES string of the molecule is FC(F)(F)Oc1cnc(I)c(Cl)c1Br. The molecule has 1 aromatic rings. The van der Waals surface area contributed by atoms with Gasteiger partial charge in [0.25, 0.3) is 0 Å². The van der Waals surface area contributed by atoms with Crippen LogP contribution in [0.2, 0.25) is 5.02 Å². The van der Waals surface area contributed by atoms with Crippen molar-refractivity contribution in [1.82, 2.24) is 4.98 Å². The third kappa shape index (κ3) is 3.13. The highest BCUT2D eigenvalue weighted by atomic mass is 127. The predicted molar refractivity (Wildman–Crippen MR) is 56.3 cm³/mol. The molecule has 1 heterocycles. The normalized spacial score (nSPS) is 11.6. The Morgan fingerprint density at radius 1 is 1.50 bits per heavy atom. The highest BCUT2D eigenvalue weighted by molar-refractivity contribution is 14.1. The standard InChI is InChI=1S/C6HBrClF3INO/c7-3-2(14-6(9,10)11)1-13-5(12)4(3)8/h1H. The summed E-state index contributed by atoms with van der Waals surface area (Å²) in [6.07, 6.45) is -3.80. The fourth-order valence-electron chi connectivity index (χ4n) is 0.623. The molecule has 0 atom stereocenters. The van der Waals surface area contributed by atoms with Gasteiger partial charge in [-0.1, -0.05) is 11.6 Å². The van der Waals surface area contributed by atoms with Gasteiger partial charge in [0.05, 0.1) is 15.7 Å². The molecule has 0 amide bonds. The lowest BCUT2D eigenvalue weighted by Gasteiger charge is -2.10. The van der Waals surface area contributed by atoms with Crippen molar-refractivity contribution in [3.8, 4) is 5.75 Å². The van der Waals surface area contributed by atoms with Gasteiger partial charge in [0, 0.05) is 0 Å². The zero-order valence-corrected chi connectivity index (χ0v) is 10.7. The van der Waals surface area contributed by atoms with Crippen molar-refractivity contribution >= 4 is 50.1 Å². The van der Waals surface area contributed by atoms with Crippen LogP contribution in [0.5, 0.6) is 5.75 Å². The van der Waals surface area contributed by atoms with E-state index in [4.69, 9.17) is 11.6 Å². The Morgan fingerprint density at radius 3 is 2.57 bits per heavy atom. The summed E-state index contributed by atoms with van der Waals surface area (Å²) in [4.78, 5) is 3.62. The number of hydrogen-bond donors (Lipinski definition) is 0. The second-order valence-corrected chi connectivity index (χ2v) is 4.28. The number of pyridine rings is 1. The molecule has 0 unspecified atom stereocenters. The van der Waals surface area contributed by atoms with Gasteiger partial charge in [-0.05, 0) is 38.5 Å². The molecule has 0 saturated heterocycles. The fraction of sp³-hybridized carbons (Fsp3) is 0.167. The van der Waals surface area contributed by atoms with E-state index in [1.165, 1.54) is 0 Å². The first-order valence-corrected chi connectivity index (χ1v) is 5.31. The molecule has 0 N–H and O–H groups in total. The molecular formula is C6HBrClF3INO. The lowest BCUT2D eigenvalue weighted by Crippen LogP contribution is -2.17. The van der Waals surface area contributed by atoms with E-state index in [2.05, 4.69) is 25.7 Å². The Hall–Kier alpha value is 0.240. The van der Waals surface area contributed by atoms with Crippen LogP contribution < -0.4 is 4.74 Å². The van der Waals surface area contributed by atoms with Gasteiger partial charge in [0.15, 0.2) is 5.75 Å². The molecule has 0 aliphatic heterocycles. The largest absolute Gasteiger partial charge is 0.573 e. The minimum atomic E-state index is -4.75. The predicted octanol–water partition coefficient (Wildman–Crippen LogP) is 4.00. The number of ether oxygens (including phenoxy) is 1. The number of alkyl halides is 3. The number of nitrogens with zero attached hydrogens (tertiary/aromatic N) is 1. The zero-order valence-electron chi connectivity index (χ0n) is 6.20. The molecule has 1 rings (SSSR count). The van der Waals surface area contributed by atoms with Crippen molar-refractivity contribution < 1.29 is 17.9 Å². The van der Waals surface area contributed by atoms with E-state index in [1.54, 1.807) is 22.6 Å². The summed E-state index contributed by atoms with van der Waals surface area (Å²) in [5.74, 6) is -0.456. The van der Waals surface area contributed by atoms with Crippen LogP contribution in [0.25, 0.3) is 0 Å². The minimum absolute atomic E-state index is 0.0379. The Kier molecular flexibility index (Phi) is 3.87. The average molecular weight is 402 g/mol. The van der Waals surface area contributed by atoms with Crippen LogP contribution in [-0.2, 0) is 0 Å². The van der Waals surface area contributed by atoms with E-state index in [-0.39, 0.29) is 9.50 Å². The van der Waals surface area contributed by atoms with E-state index in [0.29, 0.717) is 3.70 Å². The van der Waals surface area contributed by atoms with Gasteiger partial charge in [-0.25, -0.2) is 4.98 Å². The molecule has 14 heavy (non-hydrogen) atoms. The van der Waals surface area contributed by atoms with E-state index >= 15 is 0 Å². The lowest BCUT2D eigenvalue weighted by atomic mass is 10.5. The highest BCUT2D eigenvalue weighted by Gasteiger charge is 2.32. The number of halogens is 6. The van der Waals surface area contributed by atoms with Crippen molar-refractivity contribution in [2.75, 3.05) is 0 Å². The van der Waals surface area contributed by atoms with Gasteiger partial charge in [-0.3, -0.25) is 0 Å². The zero-order chi connectivity index (χ0) is 10.9. The summed E-state index contributed by atoms with van der Waals surface area (Å²) in [5.41, 5.74) is 0. The molecule has 0 saturated carbocycles. The van der Waals surface area contributed by atoms with Crippen LogP contribution in [0.4, 0.5) is 13.2 Å². The Balaban J connectivity index is 3.06. The first-order valence-electron chi connectivity index (χ1n) is 3.06. The van der Waals surface area contributed by atoms with E-state index < -0.39 is 12.1 Å². The van der Waals surface area contributed by atoms with Crippen LogP contribution >= 0.6 is 50.1 Å². The summed E-state index contributed by atoms with van der Waals surface area (Å²) in [6.45, 7) is 0. The van der Waals surface area contributed by atoms with Crippen molar-refractivity contribution in [3.63, 3.8) is 0 Å². The van der Waals surface area contributed by atoms with Crippen LogP contribution in [0.3, 0.4) is 0 Å². The molecule has 2 nitrogen and oxygen atoms in total. The van der Waals surface area contributed by atoms with Crippen molar-refractivity contribution in [2.24, 2.45) is 0 Å². The molecule has 0 aliphatic carbocycles. The molecule has 0 aliphatic rings. The molecule has 8 heteroatoms. The molecule has 0 radical (unpaired) electrons. The highest BCUT2D eigenvalue weighted by Crippen LogP contribution is 2.36. The second-order valence-electron chi connectivity index (χ2n) is 2.09. The maximum atomic E-state index is 11.8. The quantitative estimate of drug-likeness (QED) is 0.523. The second kappa shape index (κ2) is 4.40. The van der Waals surface area contributed by atoms with Crippen molar-refractivity contribution in [1.29, 1.82) is 0 Å². The van der Waals surface area contributed by atoms with Gasteiger partial charge >= 0.3 is 6.36 Å². The van der Waals surface area contributed by atoms with Gasteiger partial charge in [-0.2, -0.15) is 0 Å². The Labute approximate surface area is 104 Å². The smallest absolute Gasteiger partial charge is 0.403 e. The van der Waals surface area contributed by atoms with Crippen LogP contribution in [0.15, 0.2) is 10.7 Å². The molecule has 78 valence electrons. The first-order chi connectivity index (χ1) is 6.31. The summed E-state index contributed by atoms with van der Waals surface area (Å²) in [5, 5.41) is 0.0901. The monoisotopic (exact) mass is 401 g/mol. The average Bonchev–Trinajstić information content (AvgIpc) is 2.04. The number of hydrogen-bond acceptors (Lipinski definition) is 2. The van der Waals surface area contributed by atoms with Crippen molar-refractivity contribution in [2.45, 2.75) is 6.36 Å². The Morgan fingerprint density at radius 2 is 2.07 bits per heavy atom. The molecule has 0 spiro atoms. The molecule has 1 aromatic heterocycles. The third-order valence-electron chi connectivity index (χ3n) is 1.11. The third-order valence-corrected chi connectivity index (χ3v) is 3.63. The van der Waals surface area contributed by atoms with E-state index in [1.807, 2.05) is 0 Å². The summed E-state index contributed by atoms with van der Waals surface area (Å²) >= 11 is 10.3. The summed E-state index contributed by atoms with van der Waals surface area (Å²) in [7, 11) is 0. The van der Waals surface area contributed by atoms with E-state index in [0.717, 1.165) is 6.20 Å². The lowest BCUT2D eigenvalue weighted by molar-refractivity contribution is -0.275. The summed E-state index contributed by atoms with van der Waals surface area (Å²) < 4.78 is 39.6. The van der Waals surface area contributed by atoms with Gasteiger partial charge in [0.1, 0.15) is 3.70 Å². The summed E-state index contributed by atoms with van der Waals surface area (Å²) in [6, 6.07) is 0. The number of aromatic nitrogens is 1. The van der Waals surface area contributed by atoms with Gasteiger partial charge < -0.3 is 4.74 Å². The van der Waals surface area contributed by atoms with Crippen molar-refractivity contribution in [3.05, 3.63) is 19.4 Å². The van der Waals surface area contributed by atoms with Gasteiger partial charge in [0.2, 0.25) is 0 Å². The fourth-order valence-corrected chi connectivity index (χ4v) is 1.92. The van der Waals surface area contributed by atoms with Gasteiger partial charge in [-0.15, -0.1) is 13.2 Å². The minimum Gasteiger partial charge on any atom is -0.403 e. The van der Waals surface area contributed by atoms with Crippen LogP contribution in [-0.4, -0.2) is 11.3 Å². The molecular weight excluding hydrogens is 401 g/mol. The molecule has 0 bridgehead atoms. The Bertz CT molecular complexity index is 360. The first kappa shape index (κ1) is 12.3. The number of rotatable bonds is 1. The van der Waals surface area contributed by atoms with Crippen LogP contribution in [0.1, 0.15) is 0 Å². The van der Waals surface area contributed by atoms with Crippen LogP contribution in [0, 0.1) is 3.70 Å². The van der Waals surface area contributed by atoms with E-state index in [9.17, 15) is 13.2 Å². The topological polar surface area (TPSA) is 22.1 Å². The maximum absolute atomic E-state index is 11.8. The molecule has 0 aromatic carbocycles. The molecule has 0 fully saturated rings. The maximum Gasteiger partial charge on any atom is 0.573 e.